The van der Waals surface area contributed by atoms with E-state index in [-0.39, 0.29) is 22.2 Å². The van der Waals surface area contributed by atoms with Gasteiger partial charge >= 0.3 is 0 Å². The number of carbonyl (C=O) groups is 1. The summed E-state index contributed by atoms with van der Waals surface area (Å²) in [4.78, 5) is 21.0. The third kappa shape index (κ3) is 4.52. The van der Waals surface area contributed by atoms with E-state index in [4.69, 9.17) is 5.14 Å². The van der Waals surface area contributed by atoms with Gasteiger partial charge in [-0.25, -0.2) is 27.9 Å². The van der Waals surface area contributed by atoms with Crippen LogP contribution in [0.25, 0.3) is 0 Å². The Labute approximate surface area is 155 Å². The molecule has 27 heavy (non-hydrogen) atoms. The molecule has 7 nitrogen and oxygen atoms in total. The number of rotatable bonds is 6. The second-order valence-electron chi connectivity index (χ2n) is 5.63. The van der Waals surface area contributed by atoms with Crippen molar-refractivity contribution in [3.05, 3.63) is 83.9 Å². The number of primary sulfonamides is 1. The van der Waals surface area contributed by atoms with Gasteiger partial charge in [0, 0.05) is 18.0 Å². The molecule has 0 radical (unpaired) electrons. The number of nitrogens with one attached hydrogen (secondary N) is 1. The Morgan fingerprint density at radius 2 is 1.59 bits per heavy atom. The van der Waals surface area contributed by atoms with Gasteiger partial charge in [-0.2, -0.15) is 0 Å². The Bertz CT molecular complexity index is 1040. The van der Waals surface area contributed by atoms with Crippen LogP contribution in [0.1, 0.15) is 22.0 Å². The van der Waals surface area contributed by atoms with Crippen molar-refractivity contribution in [1.29, 1.82) is 0 Å². The fourth-order valence-electron chi connectivity index (χ4n) is 2.43. The van der Waals surface area contributed by atoms with E-state index in [0.717, 1.165) is 0 Å². The molecule has 0 fully saturated rings. The Morgan fingerprint density at radius 1 is 1.00 bits per heavy atom. The van der Waals surface area contributed by atoms with Crippen LogP contribution in [-0.4, -0.2) is 24.2 Å². The highest BCUT2D eigenvalue weighted by Crippen LogP contribution is 2.23. The highest BCUT2D eigenvalue weighted by Gasteiger charge is 2.23. The van der Waals surface area contributed by atoms with Crippen molar-refractivity contribution in [3.63, 3.8) is 0 Å². The number of hydrogen-bond donors (Lipinski definition) is 2. The quantitative estimate of drug-likeness (QED) is 0.628. The zero-order valence-corrected chi connectivity index (χ0v) is 14.7. The summed E-state index contributed by atoms with van der Waals surface area (Å²) in [5.41, 5.74) is 0.754. The summed E-state index contributed by atoms with van der Waals surface area (Å²) in [6.07, 6.45) is 3.03. The number of Topliss-reactive ketones (excluding diaryl/α,β-unsaturated/α-hetero) is 1. The first-order valence-electron chi connectivity index (χ1n) is 7.81. The van der Waals surface area contributed by atoms with Gasteiger partial charge in [-0.3, -0.25) is 4.79 Å². The Balaban J connectivity index is 1.99. The Kier molecular flexibility index (Phi) is 5.24. The summed E-state index contributed by atoms with van der Waals surface area (Å²) < 4.78 is 36.0. The van der Waals surface area contributed by atoms with Gasteiger partial charge in [0.25, 0.3) is 0 Å². The first-order valence-corrected chi connectivity index (χ1v) is 9.35. The summed E-state index contributed by atoms with van der Waals surface area (Å²) in [7, 11) is -3.85. The number of anilines is 1. The van der Waals surface area contributed by atoms with Crippen molar-refractivity contribution in [2.24, 2.45) is 5.14 Å². The first kappa shape index (κ1) is 18.6. The molecule has 0 saturated carbocycles. The molecule has 0 aliphatic heterocycles. The molecule has 1 unspecified atom stereocenters. The molecule has 3 rings (SSSR count). The van der Waals surface area contributed by atoms with E-state index in [2.05, 4.69) is 15.3 Å². The predicted octanol–water partition coefficient (Wildman–Crippen LogP) is 2.30. The average Bonchev–Trinajstić information content (AvgIpc) is 2.66. The van der Waals surface area contributed by atoms with Crippen LogP contribution < -0.4 is 10.5 Å². The molecule has 0 aliphatic rings. The van der Waals surface area contributed by atoms with Crippen LogP contribution in [0.4, 0.5) is 10.3 Å². The molecule has 0 spiro atoms. The van der Waals surface area contributed by atoms with E-state index >= 15 is 0 Å². The smallest absolute Gasteiger partial charge is 0.238 e. The number of nitrogens with two attached hydrogens (primary N) is 1. The number of halogens is 1. The number of nitrogens with zero attached hydrogens (tertiary/aromatic N) is 2. The summed E-state index contributed by atoms with van der Waals surface area (Å²) in [6, 6.07) is 11.4. The molecule has 2 aromatic carbocycles. The minimum atomic E-state index is -3.85. The van der Waals surface area contributed by atoms with Gasteiger partial charge in [0.15, 0.2) is 5.78 Å². The van der Waals surface area contributed by atoms with Crippen molar-refractivity contribution in [2.75, 3.05) is 5.32 Å². The molecule has 9 heteroatoms. The molecule has 1 heterocycles. The maximum absolute atomic E-state index is 13.2. The highest BCUT2D eigenvalue weighted by molar-refractivity contribution is 7.89. The Hall–Kier alpha value is -3.17. The van der Waals surface area contributed by atoms with Gasteiger partial charge in [0.2, 0.25) is 16.0 Å². The summed E-state index contributed by atoms with van der Waals surface area (Å²) in [6.45, 7) is 0. The largest absolute Gasteiger partial charge is 0.340 e. The van der Waals surface area contributed by atoms with Crippen molar-refractivity contribution < 1.29 is 17.6 Å². The highest BCUT2D eigenvalue weighted by atomic mass is 32.2. The normalized spacial score (nSPS) is 12.4. The van der Waals surface area contributed by atoms with Gasteiger partial charge < -0.3 is 5.32 Å². The van der Waals surface area contributed by atoms with Gasteiger partial charge in [0.1, 0.15) is 11.9 Å². The van der Waals surface area contributed by atoms with Crippen molar-refractivity contribution in [3.8, 4) is 0 Å². The maximum atomic E-state index is 13.2. The van der Waals surface area contributed by atoms with E-state index < -0.39 is 21.9 Å². The van der Waals surface area contributed by atoms with E-state index in [9.17, 15) is 17.6 Å². The van der Waals surface area contributed by atoms with Gasteiger partial charge in [0.05, 0.1) is 4.90 Å². The molecule has 1 atom stereocenters. The average molecular weight is 386 g/mol. The lowest BCUT2D eigenvalue weighted by Crippen LogP contribution is -2.22. The molecule has 0 bridgehead atoms. The number of benzene rings is 2. The fourth-order valence-corrected chi connectivity index (χ4v) is 2.95. The maximum Gasteiger partial charge on any atom is 0.238 e. The molecular weight excluding hydrogens is 371 g/mol. The Morgan fingerprint density at radius 3 is 2.15 bits per heavy atom. The third-order valence-corrected chi connectivity index (χ3v) is 4.70. The van der Waals surface area contributed by atoms with Crippen molar-refractivity contribution in [2.45, 2.75) is 10.9 Å². The predicted molar refractivity (Wildman–Crippen MR) is 96.9 cm³/mol. The van der Waals surface area contributed by atoms with Crippen LogP contribution in [0.15, 0.2) is 71.9 Å². The minimum absolute atomic E-state index is 0.0739. The van der Waals surface area contributed by atoms with Gasteiger partial charge in [-0.05, 0) is 48.0 Å². The van der Waals surface area contributed by atoms with E-state index in [1.54, 1.807) is 6.07 Å². The lowest BCUT2D eigenvalue weighted by atomic mass is 9.97. The molecule has 0 aliphatic carbocycles. The van der Waals surface area contributed by atoms with Crippen LogP contribution in [-0.2, 0) is 10.0 Å². The lowest BCUT2D eigenvalue weighted by molar-refractivity contribution is 0.0969. The van der Waals surface area contributed by atoms with Crippen molar-refractivity contribution in [1.82, 2.24) is 9.97 Å². The molecule has 0 saturated heterocycles. The van der Waals surface area contributed by atoms with Crippen LogP contribution in [0, 0.1) is 5.82 Å². The number of hydrogen-bond acceptors (Lipinski definition) is 6. The molecule has 1 aromatic heterocycles. The molecular formula is C18H15FN4O3S. The monoisotopic (exact) mass is 386 g/mol. The zero-order chi connectivity index (χ0) is 19.4. The van der Waals surface area contributed by atoms with E-state index in [1.165, 1.54) is 60.9 Å². The lowest BCUT2D eigenvalue weighted by Gasteiger charge is -2.18. The number of aromatic nitrogens is 2. The topological polar surface area (TPSA) is 115 Å². The summed E-state index contributed by atoms with van der Waals surface area (Å²) in [5, 5.41) is 8.03. The standard InChI is InChI=1S/C18H15FN4O3S/c19-14-6-2-13(3-7-14)17(24)16(23-18-21-10-1-11-22-18)12-4-8-15(9-5-12)27(20,25)26/h1-11,16H,(H2,20,25,26)(H,21,22,23). The van der Waals surface area contributed by atoms with E-state index in [1.807, 2.05) is 0 Å². The van der Waals surface area contributed by atoms with Crippen LogP contribution in [0.5, 0.6) is 0 Å². The zero-order valence-electron chi connectivity index (χ0n) is 13.9. The van der Waals surface area contributed by atoms with Gasteiger partial charge in [-0.1, -0.05) is 12.1 Å². The molecule has 0 amide bonds. The molecule has 138 valence electrons. The van der Waals surface area contributed by atoms with Crippen LogP contribution >= 0.6 is 0 Å². The second kappa shape index (κ2) is 7.60. The molecule has 3 N–H and O–H groups in total. The SMILES string of the molecule is NS(=O)(=O)c1ccc(C(Nc2ncccn2)C(=O)c2ccc(F)cc2)cc1. The van der Waals surface area contributed by atoms with Crippen LogP contribution in [0.2, 0.25) is 0 Å². The number of ketones is 1. The van der Waals surface area contributed by atoms with Crippen molar-refractivity contribution >= 4 is 21.8 Å². The second-order valence-corrected chi connectivity index (χ2v) is 7.20. The van der Waals surface area contributed by atoms with Gasteiger partial charge in [-0.15, -0.1) is 0 Å². The minimum Gasteiger partial charge on any atom is -0.340 e. The number of sulfonamides is 1. The fraction of sp³-hybridized carbons (Fsp3) is 0.0556. The van der Waals surface area contributed by atoms with Crippen LogP contribution in [0.3, 0.4) is 0 Å². The van der Waals surface area contributed by atoms with E-state index in [0.29, 0.717) is 5.56 Å². The number of carbonyl (C=O) groups excluding carboxylic acids is 1. The first-order chi connectivity index (χ1) is 12.8. The third-order valence-electron chi connectivity index (χ3n) is 3.77. The molecule has 3 aromatic rings. The summed E-state index contributed by atoms with van der Waals surface area (Å²) in [5.74, 6) is -0.598. The summed E-state index contributed by atoms with van der Waals surface area (Å²) >= 11 is 0.